The standard InChI is InChI=1S/C14H20N2O5/c17-12(15-10-7-21-6-9(10)14(19)20)11-2-1-5-16(11)13(18)8-3-4-8/h8-11H,1-7H2,(H,15,17)(H,19,20). The molecule has 1 saturated carbocycles. The monoisotopic (exact) mass is 296 g/mol. The maximum Gasteiger partial charge on any atom is 0.311 e. The molecule has 0 aromatic heterocycles. The molecule has 3 aliphatic rings. The van der Waals surface area contributed by atoms with Crippen LogP contribution in [0.25, 0.3) is 0 Å². The van der Waals surface area contributed by atoms with Crippen molar-refractivity contribution in [2.24, 2.45) is 11.8 Å². The molecule has 0 aromatic rings. The fourth-order valence-electron chi connectivity index (χ4n) is 3.09. The zero-order chi connectivity index (χ0) is 15.0. The van der Waals surface area contributed by atoms with Gasteiger partial charge in [-0.25, -0.2) is 0 Å². The molecule has 2 saturated heterocycles. The van der Waals surface area contributed by atoms with E-state index in [1.165, 1.54) is 0 Å². The number of hydrogen-bond acceptors (Lipinski definition) is 4. The number of ether oxygens (including phenoxy) is 1. The van der Waals surface area contributed by atoms with Crippen LogP contribution in [-0.2, 0) is 19.1 Å². The Kier molecular flexibility index (Phi) is 3.84. The van der Waals surface area contributed by atoms with Crippen LogP contribution in [0.4, 0.5) is 0 Å². The third-order valence-electron chi connectivity index (χ3n) is 4.49. The fourth-order valence-corrected chi connectivity index (χ4v) is 3.09. The van der Waals surface area contributed by atoms with Crippen LogP contribution in [0.1, 0.15) is 25.7 Å². The lowest BCUT2D eigenvalue weighted by Crippen LogP contribution is -2.51. The average molecular weight is 296 g/mol. The fraction of sp³-hybridized carbons (Fsp3) is 0.786. The van der Waals surface area contributed by atoms with E-state index < -0.39 is 24.0 Å². The Morgan fingerprint density at radius 2 is 1.90 bits per heavy atom. The zero-order valence-electron chi connectivity index (χ0n) is 11.8. The second-order valence-electron chi connectivity index (χ2n) is 6.06. The normalized spacial score (nSPS) is 32.2. The Balaban J connectivity index is 1.61. The van der Waals surface area contributed by atoms with Crippen LogP contribution < -0.4 is 5.32 Å². The van der Waals surface area contributed by atoms with Crippen molar-refractivity contribution in [1.29, 1.82) is 0 Å². The van der Waals surface area contributed by atoms with E-state index in [1.807, 2.05) is 0 Å². The number of aliphatic carboxylic acids is 1. The van der Waals surface area contributed by atoms with Crippen molar-refractivity contribution >= 4 is 17.8 Å². The summed E-state index contributed by atoms with van der Waals surface area (Å²) in [6.07, 6.45) is 3.30. The number of amides is 2. The van der Waals surface area contributed by atoms with Crippen LogP contribution in [0.15, 0.2) is 0 Å². The van der Waals surface area contributed by atoms with Gasteiger partial charge in [0, 0.05) is 12.5 Å². The zero-order valence-corrected chi connectivity index (χ0v) is 11.8. The van der Waals surface area contributed by atoms with E-state index in [4.69, 9.17) is 9.84 Å². The number of likely N-dealkylation sites (tertiary alicyclic amines) is 1. The van der Waals surface area contributed by atoms with Crippen molar-refractivity contribution < 1.29 is 24.2 Å². The van der Waals surface area contributed by atoms with Crippen LogP contribution in [-0.4, -0.2) is 59.6 Å². The van der Waals surface area contributed by atoms with Crippen molar-refractivity contribution in [3.63, 3.8) is 0 Å². The van der Waals surface area contributed by atoms with Gasteiger partial charge < -0.3 is 20.1 Å². The molecule has 0 spiro atoms. The highest BCUT2D eigenvalue weighted by molar-refractivity contribution is 5.90. The first-order valence-corrected chi connectivity index (χ1v) is 7.49. The van der Waals surface area contributed by atoms with Gasteiger partial charge in [0.2, 0.25) is 11.8 Å². The number of carbonyl (C=O) groups excluding carboxylic acids is 2. The van der Waals surface area contributed by atoms with Crippen molar-refractivity contribution in [2.45, 2.75) is 37.8 Å². The molecule has 21 heavy (non-hydrogen) atoms. The summed E-state index contributed by atoms with van der Waals surface area (Å²) in [6.45, 7) is 0.957. The maximum atomic E-state index is 12.4. The van der Waals surface area contributed by atoms with E-state index in [0.717, 1.165) is 19.3 Å². The molecule has 3 unspecified atom stereocenters. The largest absolute Gasteiger partial charge is 0.481 e. The summed E-state index contributed by atoms with van der Waals surface area (Å²) in [5.74, 6) is -1.74. The lowest BCUT2D eigenvalue weighted by atomic mass is 10.0. The molecule has 7 heteroatoms. The molecule has 3 rings (SSSR count). The number of carboxylic acids is 1. The number of nitrogens with zero attached hydrogens (tertiary/aromatic N) is 1. The summed E-state index contributed by atoms with van der Waals surface area (Å²) in [5.41, 5.74) is 0. The minimum Gasteiger partial charge on any atom is -0.481 e. The Bertz CT molecular complexity index is 462. The molecule has 2 N–H and O–H groups in total. The van der Waals surface area contributed by atoms with Crippen molar-refractivity contribution in [3.05, 3.63) is 0 Å². The molecule has 2 aliphatic heterocycles. The van der Waals surface area contributed by atoms with Gasteiger partial charge in [0.15, 0.2) is 0 Å². The van der Waals surface area contributed by atoms with Crippen molar-refractivity contribution in [3.8, 4) is 0 Å². The van der Waals surface area contributed by atoms with Crippen LogP contribution in [0.2, 0.25) is 0 Å². The molecule has 2 amide bonds. The van der Waals surface area contributed by atoms with Gasteiger partial charge in [0.25, 0.3) is 0 Å². The van der Waals surface area contributed by atoms with E-state index in [1.54, 1.807) is 4.90 Å². The Morgan fingerprint density at radius 1 is 1.14 bits per heavy atom. The lowest BCUT2D eigenvalue weighted by molar-refractivity contribution is -0.143. The van der Waals surface area contributed by atoms with Gasteiger partial charge in [0.05, 0.1) is 19.3 Å². The van der Waals surface area contributed by atoms with Gasteiger partial charge in [-0.2, -0.15) is 0 Å². The van der Waals surface area contributed by atoms with Gasteiger partial charge in [-0.1, -0.05) is 0 Å². The van der Waals surface area contributed by atoms with Gasteiger partial charge in [-0.15, -0.1) is 0 Å². The summed E-state index contributed by atoms with van der Waals surface area (Å²) >= 11 is 0. The molecule has 0 bridgehead atoms. The molecular weight excluding hydrogens is 276 g/mol. The highest BCUT2D eigenvalue weighted by atomic mass is 16.5. The van der Waals surface area contributed by atoms with Crippen LogP contribution in [0.5, 0.6) is 0 Å². The Hall–Kier alpha value is -1.63. The van der Waals surface area contributed by atoms with E-state index in [2.05, 4.69) is 5.32 Å². The van der Waals surface area contributed by atoms with E-state index in [-0.39, 0.29) is 30.9 Å². The molecule has 3 fully saturated rings. The number of carbonyl (C=O) groups is 3. The Morgan fingerprint density at radius 3 is 2.57 bits per heavy atom. The first-order valence-electron chi connectivity index (χ1n) is 7.49. The first-order chi connectivity index (χ1) is 10.1. The van der Waals surface area contributed by atoms with Gasteiger partial charge >= 0.3 is 5.97 Å². The SMILES string of the molecule is O=C(O)C1COCC1NC(=O)C1CCCN1C(=O)C1CC1. The van der Waals surface area contributed by atoms with E-state index >= 15 is 0 Å². The summed E-state index contributed by atoms with van der Waals surface area (Å²) in [6, 6.07) is -0.957. The van der Waals surface area contributed by atoms with Crippen LogP contribution >= 0.6 is 0 Å². The quantitative estimate of drug-likeness (QED) is 0.736. The third kappa shape index (κ3) is 2.88. The van der Waals surface area contributed by atoms with Gasteiger partial charge in [0.1, 0.15) is 12.0 Å². The minimum absolute atomic E-state index is 0.0742. The molecule has 3 atom stereocenters. The number of hydrogen-bond donors (Lipinski definition) is 2. The first kappa shape index (κ1) is 14.3. The minimum atomic E-state index is -0.963. The molecular formula is C14H20N2O5. The van der Waals surface area contributed by atoms with Gasteiger partial charge in [-0.05, 0) is 25.7 Å². The highest BCUT2D eigenvalue weighted by Gasteiger charge is 2.42. The molecule has 0 radical (unpaired) electrons. The average Bonchev–Trinajstić information content (AvgIpc) is 3.00. The summed E-state index contributed by atoms with van der Waals surface area (Å²) in [7, 11) is 0. The smallest absolute Gasteiger partial charge is 0.311 e. The lowest BCUT2D eigenvalue weighted by Gasteiger charge is -2.26. The molecule has 116 valence electrons. The predicted octanol–water partition coefficient (Wildman–Crippen LogP) is -0.397. The van der Waals surface area contributed by atoms with Crippen LogP contribution in [0.3, 0.4) is 0 Å². The second kappa shape index (κ2) is 5.63. The third-order valence-corrected chi connectivity index (χ3v) is 4.49. The topological polar surface area (TPSA) is 95.9 Å². The Labute approximate surface area is 122 Å². The molecule has 2 heterocycles. The highest BCUT2D eigenvalue weighted by Crippen LogP contribution is 2.33. The summed E-state index contributed by atoms with van der Waals surface area (Å²) in [5, 5.41) is 11.8. The van der Waals surface area contributed by atoms with Crippen molar-refractivity contribution in [1.82, 2.24) is 10.2 Å². The second-order valence-corrected chi connectivity index (χ2v) is 6.06. The van der Waals surface area contributed by atoms with Crippen LogP contribution in [0, 0.1) is 11.8 Å². The number of rotatable bonds is 4. The maximum absolute atomic E-state index is 12.4. The van der Waals surface area contributed by atoms with E-state index in [9.17, 15) is 14.4 Å². The molecule has 1 aliphatic carbocycles. The summed E-state index contributed by atoms with van der Waals surface area (Å²) in [4.78, 5) is 37.3. The molecule has 0 aromatic carbocycles. The summed E-state index contributed by atoms with van der Waals surface area (Å²) < 4.78 is 5.14. The number of nitrogens with one attached hydrogen (secondary N) is 1. The van der Waals surface area contributed by atoms with E-state index in [0.29, 0.717) is 13.0 Å². The predicted molar refractivity (Wildman–Crippen MR) is 71.3 cm³/mol. The van der Waals surface area contributed by atoms with Crippen molar-refractivity contribution in [2.75, 3.05) is 19.8 Å². The van der Waals surface area contributed by atoms with Gasteiger partial charge in [-0.3, -0.25) is 14.4 Å². The molecule has 7 nitrogen and oxygen atoms in total. The number of carboxylic acid groups (broad SMARTS) is 1.